The van der Waals surface area contributed by atoms with Gasteiger partial charge in [0.15, 0.2) is 0 Å². The molecular formula is C63H53N. The van der Waals surface area contributed by atoms with Crippen LogP contribution >= 0.6 is 0 Å². The lowest BCUT2D eigenvalue weighted by molar-refractivity contribution is 0.353. The lowest BCUT2D eigenvalue weighted by Gasteiger charge is -2.36. The largest absolute Gasteiger partial charge is 0.311 e. The number of anilines is 2. The molecule has 0 heterocycles. The average molecular weight is 824 g/mol. The molecule has 0 amide bonds. The Hall–Kier alpha value is -7.22. The first-order chi connectivity index (χ1) is 31.6. The smallest absolute Gasteiger partial charge is 0.0577 e. The van der Waals surface area contributed by atoms with E-state index in [1.807, 2.05) is 6.08 Å². The molecule has 8 aromatic rings. The predicted molar refractivity (Wildman–Crippen MR) is 273 cm³/mol. The third kappa shape index (κ3) is 6.61. The fourth-order valence-electron chi connectivity index (χ4n) is 11.4. The van der Waals surface area contributed by atoms with Crippen molar-refractivity contribution in [3.8, 4) is 22.3 Å². The summed E-state index contributed by atoms with van der Waals surface area (Å²) in [5.41, 5.74) is 16.1. The van der Waals surface area contributed by atoms with Gasteiger partial charge in [0.05, 0.1) is 5.41 Å². The van der Waals surface area contributed by atoms with Gasteiger partial charge in [-0.2, -0.15) is 0 Å². The van der Waals surface area contributed by atoms with Crippen molar-refractivity contribution in [2.75, 3.05) is 4.90 Å². The Kier molecular flexibility index (Phi) is 10.2. The zero-order valence-electron chi connectivity index (χ0n) is 36.5. The molecule has 64 heavy (non-hydrogen) atoms. The van der Waals surface area contributed by atoms with Crippen LogP contribution in [0.25, 0.3) is 49.4 Å². The van der Waals surface area contributed by atoms with Crippen LogP contribution in [0, 0.1) is 0 Å². The summed E-state index contributed by atoms with van der Waals surface area (Å²) in [7, 11) is 0. The Morgan fingerprint density at radius 1 is 0.562 bits per heavy atom. The molecule has 1 fully saturated rings. The summed E-state index contributed by atoms with van der Waals surface area (Å²) < 4.78 is 0. The van der Waals surface area contributed by atoms with Gasteiger partial charge in [0.25, 0.3) is 0 Å². The molecule has 1 saturated carbocycles. The van der Waals surface area contributed by atoms with Crippen LogP contribution in [-0.2, 0) is 10.8 Å². The Labute approximate surface area is 378 Å². The normalized spacial score (nSPS) is 17.2. The molecule has 1 atom stereocenters. The minimum Gasteiger partial charge on any atom is -0.311 e. The highest BCUT2D eigenvalue weighted by Crippen LogP contribution is 2.58. The molecule has 0 radical (unpaired) electrons. The van der Waals surface area contributed by atoms with Gasteiger partial charge in [0, 0.05) is 22.5 Å². The molecule has 1 nitrogen and oxygen atoms in total. The van der Waals surface area contributed by atoms with Crippen LogP contribution in [0.4, 0.5) is 11.4 Å². The Morgan fingerprint density at radius 2 is 1.23 bits per heavy atom. The van der Waals surface area contributed by atoms with Crippen LogP contribution < -0.4 is 4.90 Å². The molecule has 8 aromatic carbocycles. The highest BCUT2D eigenvalue weighted by atomic mass is 15.1. The first kappa shape index (κ1) is 39.6. The number of hydrogen-bond acceptors (Lipinski definition) is 1. The van der Waals surface area contributed by atoms with Gasteiger partial charge >= 0.3 is 0 Å². The van der Waals surface area contributed by atoms with Crippen LogP contribution in [0.15, 0.2) is 231 Å². The average Bonchev–Trinajstić information content (AvgIpc) is 3.82. The molecule has 0 aromatic heterocycles. The van der Waals surface area contributed by atoms with Gasteiger partial charge in [-0.05, 0) is 133 Å². The molecule has 0 saturated heterocycles. The minimum atomic E-state index is -0.391. The lowest BCUT2D eigenvalue weighted by Crippen LogP contribution is -2.27. The van der Waals surface area contributed by atoms with Gasteiger partial charge in [-0.3, -0.25) is 0 Å². The number of hydrogen-bond donors (Lipinski definition) is 0. The molecule has 3 aliphatic carbocycles. The third-order valence-electron chi connectivity index (χ3n) is 14.4. The second kappa shape index (κ2) is 16.5. The van der Waals surface area contributed by atoms with Crippen molar-refractivity contribution >= 4 is 38.5 Å². The number of unbranched alkanes of at least 4 members (excludes halogenated alkanes) is 1. The van der Waals surface area contributed by atoms with Gasteiger partial charge in [0.1, 0.15) is 0 Å². The van der Waals surface area contributed by atoms with Gasteiger partial charge < -0.3 is 4.90 Å². The Morgan fingerprint density at radius 3 is 2.08 bits per heavy atom. The fourth-order valence-corrected chi connectivity index (χ4v) is 11.4. The molecule has 11 rings (SSSR count). The number of benzene rings is 8. The molecule has 0 N–H and O–H groups in total. The summed E-state index contributed by atoms with van der Waals surface area (Å²) in [5, 5.41) is 4.93. The van der Waals surface area contributed by atoms with E-state index in [0.29, 0.717) is 0 Å². The van der Waals surface area contributed by atoms with E-state index in [4.69, 9.17) is 6.58 Å². The maximum absolute atomic E-state index is 4.87. The summed E-state index contributed by atoms with van der Waals surface area (Å²) in [6.07, 6.45) is 21.9. The fraction of sp³-hybridized carbons (Fsp3) is 0.143. The second-order valence-corrected chi connectivity index (χ2v) is 18.0. The van der Waals surface area contributed by atoms with Crippen molar-refractivity contribution in [1.82, 2.24) is 0 Å². The van der Waals surface area contributed by atoms with Gasteiger partial charge in [-0.15, -0.1) is 6.58 Å². The summed E-state index contributed by atoms with van der Waals surface area (Å²) in [6, 6.07) is 65.3. The molecule has 3 aliphatic rings. The highest BCUT2D eigenvalue weighted by molar-refractivity contribution is 6.09. The summed E-state index contributed by atoms with van der Waals surface area (Å²) in [5.74, 6) is 0. The van der Waals surface area contributed by atoms with Crippen molar-refractivity contribution in [3.05, 3.63) is 259 Å². The topological polar surface area (TPSA) is 3.24 Å². The summed E-state index contributed by atoms with van der Waals surface area (Å²) >= 11 is 0. The predicted octanol–water partition coefficient (Wildman–Crippen LogP) is 17.0. The molecule has 1 unspecified atom stereocenters. The third-order valence-corrected chi connectivity index (χ3v) is 14.4. The molecule has 1 spiro atoms. The van der Waals surface area contributed by atoms with Crippen LogP contribution in [-0.4, -0.2) is 0 Å². The molecule has 1 heteroatoms. The SMILES string of the molecule is C=CCC/C=C/C1(c2ccccc2)C=C(/C=C\C(=C)N(c2cccc(-c3cccc4c3-c3ccccc3C43CCCCC3)c2)c2ccc3ccc4ccccc4c3c2)c2ccccc21. The van der Waals surface area contributed by atoms with E-state index in [1.165, 1.54) is 109 Å². The van der Waals surface area contributed by atoms with Gasteiger partial charge in [-0.1, -0.05) is 208 Å². The number of fused-ring (bicyclic) bond motifs is 9. The summed E-state index contributed by atoms with van der Waals surface area (Å²) in [4.78, 5) is 2.35. The quantitative estimate of drug-likeness (QED) is 0.0544. The van der Waals surface area contributed by atoms with Crippen LogP contribution in [0.2, 0.25) is 0 Å². The zero-order valence-corrected chi connectivity index (χ0v) is 36.5. The van der Waals surface area contributed by atoms with E-state index in [1.54, 1.807) is 0 Å². The van der Waals surface area contributed by atoms with Crippen molar-refractivity contribution in [1.29, 1.82) is 0 Å². The van der Waals surface area contributed by atoms with E-state index < -0.39 is 5.41 Å². The standard InChI is InChI=1S/C63H53N/c1-3-4-5-16-41-63(50-23-8-6-9-24-50)44-49(54-27-12-14-30-58(54)63)34-33-45(2)64(52-38-37-47-36-35-46-21-10-11-26-53(46)57(47)43-52)51-25-19-22-48(42-51)55-29-20-32-60-61(55)56-28-13-15-31-59(56)62(60)39-17-7-18-40-62/h3,6,8-16,19-38,41-44H,1-2,4-5,7,17-18,39-40H2/b34-33-,41-16+. The first-order valence-electron chi connectivity index (χ1n) is 23.2. The zero-order chi connectivity index (χ0) is 43.1. The summed E-state index contributed by atoms with van der Waals surface area (Å²) in [6.45, 7) is 8.84. The van der Waals surface area contributed by atoms with Gasteiger partial charge in [-0.25, -0.2) is 0 Å². The number of nitrogens with zero attached hydrogens (tertiary/aromatic N) is 1. The van der Waals surface area contributed by atoms with Crippen LogP contribution in [0.3, 0.4) is 0 Å². The Bertz CT molecular complexity index is 3190. The molecule has 0 bridgehead atoms. The lowest BCUT2D eigenvalue weighted by atomic mass is 9.68. The van der Waals surface area contributed by atoms with Crippen molar-refractivity contribution in [2.45, 2.75) is 55.8 Å². The van der Waals surface area contributed by atoms with Crippen molar-refractivity contribution in [3.63, 3.8) is 0 Å². The second-order valence-electron chi connectivity index (χ2n) is 18.0. The van der Waals surface area contributed by atoms with Crippen LogP contribution in [0.5, 0.6) is 0 Å². The Balaban J connectivity index is 1.05. The highest BCUT2D eigenvalue weighted by Gasteiger charge is 2.44. The minimum absolute atomic E-state index is 0.101. The number of allylic oxidation sites excluding steroid dienone is 7. The number of rotatable bonds is 11. The van der Waals surface area contributed by atoms with Crippen molar-refractivity contribution in [2.24, 2.45) is 0 Å². The molecule has 310 valence electrons. The maximum Gasteiger partial charge on any atom is 0.0577 e. The van der Waals surface area contributed by atoms with Crippen molar-refractivity contribution < 1.29 is 0 Å². The van der Waals surface area contributed by atoms with E-state index in [0.717, 1.165) is 29.9 Å². The maximum atomic E-state index is 4.87. The van der Waals surface area contributed by atoms with Crippen LogP contribution in [0.1, 0.15) is 72.8 Å². The van der Waals surface area contributed by atoms with E-state index >= 15 is 0 Å². The molecular weight excluding hydrogens is 771 g/mol. The first-order valence-corrected chi connectivity index (χ1v) is 23.2. The van der Waals surface area contributed by atoms with E-state index in [-0.39, 0.29) is 5.41 Å². The monoisotopic (exact) mass is 823 g/mol. The van der Waals surface area contributed by atoms with E-state index in [9.17, 15) is 0 Å². The molecule has 0 aliphatic heterocycles. The van der Waals surface area contributed by atoms with Gasteiger partial charge in [0.2, 0.25) is 0 Å². The van der Waals surface area contributed by atoms with E-state index in [2.05, 4.69) is 218 Å².